The van der Waals surface area contributed by atoms with E-state index >= 15 is 0 Å². The van der Waals surface area contributed by atoms with E-state index in [0.717, 1.165) is 36.4 Å². The Balaban J connectivity index is 1.75. The van der Waals surface area contributed by atoms with Gasteiger partial charge in [0.25, 0.3) is 0 Å². The van der Waals surface area contributed by atoms with Crippen LogP contribution in [0, 0.1) is 0 Å². The van der Waals surface area contributed by atoms with Crippen molar-refractivity contribution in [1.82, 2.24) is 9.80 Å². The normalized spacial score (nSPS) is 20.4. The molecular formula is C18H26N2O3. The molecule has 0 aromatic heterocycles. The second-order valence-electron chi connectivity index (χ2n) is 6.66. The van der Waals surface area contributed by atoms with Gasteiger partial charge >= 0.3 is 0 Å². The Labute approximate surface area is 138 Å². The number of fused-ring (bicyclic) bond motifs is 1. The fourth-order valence-corrected chi connectivity index (χ4v) is 3.17. The summed E-state index contributed by atoms with van der Waals surface area (Å²) < 4.78 is 11.3. The Hall–Kier alpha value is -1.75. The van der Waals surface area contributed by atoms with Gasteiger partial charge in [-0.2, -0.15) is 0 Å². The van der Waals surface area contributed by atoms with Gasteiger partial charge in [-0.3, -0.25) is 9.69 Å². The lowest BCUT2D eigenvalue weighted by molar-refractivity contribution is -0.133. The van der Waals surface area contributed by atoms with Crippen LogP contribution in [0.25, 0.3) is 0 Å². The van der Waals surface area contributed by atoms with E-state index in [1.807, 2.05) is 24.1 Å². The molecule has 0 N–H and O–H groups in total. The van der Waals surface area contributed by atoms with Crippen molar-refractivity contribution in [2.75, 3.05) is 33.4 Å². The Bertz CT molecular complexity index is 573. The third-order valence-corrected chi connectivity index (χ3v) is 4.79. The lowest BCUT2D eigenvalue weighted by atomic mass is 10.0. The number of likely N-dealkylation sites (tertiary alicyclic amines) is 1. The molecule has 1 amide bonds. The first-order valence-electron chi connectivity index (χ1n) is 8.45. The van der Waals surface area contributed by atoms with Crippen LogP contribution in [-0.4, -0.2) is 55.1 Å². The molecule has 2 aliphatic rings. The van der Waals surface area contributed by atoms with E-state index in [9.17, 15) is 4.79 Å². The summed E-state index contributed by atoms with van der Waals surface area (Å²) in [5.74, 6) is 1.81. The van der Waals surface area contributed by atoms with E-state index in [4.69, 9.17) is 9.47 Å². The number of amides is 1. The molecule has 0 radical (unpaired) electrons. The van der Waals surface area contributed by atoms with E-state index < -0.39 is 0 Å². The zero-order chi connectivity index (χ0) is 16.4. The number of nitrogens with zero attached hydrogens (tertiary/aromatic N) is 2. The van der Waals surface area contributed by atoms with Crippen LogP contribution >= 0.6 is 0 Å². The topological polar surface area (TPSA) is 42.0 Å². The number of rotatable bonds is 4. The van der Waals surface area contributed by atoms with Gasteiger partial charge in [0.15, 0.2) is 11.5 Å². The lowest BCUT2D eigenvalue weighted by Gasteiger charge is -2.29. The molecular weight excluding hydrogens is 292 g/mol. The summed E-state index contributed by atoms with van der Waals surface area (Å²) in [5, 5.41) is 0. The summed E-state index contributed by atoms with van der Waals surface area (Å²) in [6, 6.07) is 6.59. The highest BCUT2D eigenvalue weighted by atomic mass is 16.6. The molecule has 1 aromatic rings. The molecule has 3 rings (SSSR count). The Morgan fingerprint density at radius 3 is 2.78 bits per heavy atom. The minimum Gasteiger partial charge on any atom is -0.486 e. The van der Waals surface area contributed by atoms with Gasteiger partial charge in [0.1, 0.15) is 13.2 Å². The van der Waals surface area contributed by atoms with Gasteiger partial charge in [0.2, 0.25) is 5.91 Å². The Morgan fingerprint density at radius 1 is 1.30 bits per heavy atom. The molecule has 0 aliphatic carbocycles. The molecule has 0 spiro atoms. The molecule has 1 aromatic carbocycles. The number of hydrogen-bond acceptors (Lipinski definition) is 4. The van der Waals surface area contributed by atoms with Crippen molar-refractivity contribution in [3.05, 3.63) is 23.8 Å². The maximum atomic E-state index is 12.7. The molecule has 0 saturated carbocycles. The smallest absolute Gasteiger partial charge is 0.237 e. The molecule has 1 fully saturated rings. The number of carbonyl (C=O) groups is 1. The van der Waals surface area contributed by atoms with Gasteiger partial charge in [0, 0.05) is 12.6 Å². The molecule has 2 heterocycles. The maximum Gasteiger partial charge on any atom is 0.237 e. The van der Waals surface area contributed by atoms with Crippen molar-refractivity contribution < 1.29 is 14.3 Å². The molecule has 23 heavy (non-hydrogen) atoms. The summed E-state index contributed by atoms with van der Waals surface area (Å²) in [6.45, 7) is 6.71. The van der Waals surface area contributed by atoms with Crippen molar-refractivity contribution in [3.63, 3.8) is 0 Å². The maximum absolute atomic E-state index is 12.7. The van der Waals surface area contributed by atoms with Crippen LogP contribution in [0.4, 0.5) is 0 Å². The fourth-order valence-electron chi connectivity index (χ4n) is 3.17. The highest BCUT2D eigenvalue weighted by Crippen LogP contribution is 2.38. The van der Waals surface area contributed by atoms with Crippen molar-refractivity contribution >= 4 is 5.91 Å². The molecule has 5 heteroatoms. The van der Waals surface area contributed by atoms with Crippen LogP contribution < -0.4 is 9.47 Å². The summed E-state index contributed by atoms with van der Waals surface area (Å²) in [7, 11) is 2.00. The van der Waals surface area contributed by atoms with Crippen molar-refractivity contribution in [2.45, 2.75) is 38.8 Å². The number of hydrogen-bond donors (Lipinski definition) is 0. The molecule has 2 aliphatic heterocycles. The number of ether oxygens (including phenoxy) is 2. The minimum absolute atomic E-state index is 0.152. The molecule has 0 unspecified atom stereocenters. The van der Waals surface area contributed by atoms with Crippen LogP contribution in [0.5, 0.6) is 11.5 Å². The predicted octanol–water partition coefficient (Wildman–Crippen LogP) is 2.46. The first-order chi connectivity index (χ1) is 11.1. The monoisotopic (exact) mass is 318 g/mol. The van der Waals surface area contributed by atoms with Crippen molar-refractivity contribution in [2.24, 2.45) is 0 Å². The van der Waals surface area contributed by atoms with Crippen LogP contribution in [0.2, 0.25) is 0 Å². The average Bonchev–Trinajstić information content (AvgIpc) is 3.04. The van der Waals surface area contributed by atoms with Crippen LogP contribution in [0.15, 0.2) is 18.2 Å². The first-order valence-corrected chi connectivity index (χ1v) is 8.45. The van der Waals surface area contributed by atoms with Gasteiger partial charge in [0.05, 0.1) is 12.6 Å². The van der Waals surface area contributed by atoms with E-state index in [-0.39, 0.29) is 11.9 Å². The minimum atomic E-state index is 0.152. The predicted molar refractivity (Wildman–Crippen MR) is 88.9 cm³/mol. The van der Waals surface area contributed by atoms with Crippen molar-refractivity contribution in [1.29, 1.82) is 0 Å². The summed E-state index contributed by atoms with van der Waals surface area (Å²) in [6.07, 6.45) is 2.06. The number of likely N-dealkylation sites (N-methyl/N-ethyl adjacent to an activating group) is 1. The van der Waals surface area contributed by atoms with Gasteiger partial charge in [-0.1, -0.05) is 6.07 Å². The third kappa shape index (κ3) is 3.44. The molecule has 0 bridgehead atoms. The lowest BCUT2D eigenvalue weighted by Crippen LogP contribution is -2.40. The van der Waals surface area contributed by atoms with Gasteiger partial charge in [-0.05, 0) is 51.4 Å². The zero-order valence-corrected chi connectivity index (χ0v) is 14.2. The first kappa shape index (κ1) is 16.1. The quantitative estimate of drug-likeness (QED) is 0.855. The van der Waals surface area contributed by atoms with Crippen molar-refractivity contribution in [3.8, 4) is 11.5 Å². The van der Waals surface area contributed by atoms with E-state index in [0.29, 0.717) is 25.8 Å². The Morgan fingerprint density at radius 2 is 2.04 bits per heavy atom. The highest BCUT2D eigenvalue weighted by molar-refractivity contribution is 5.79. The highest BCUT2D eigenvalue weighted by Gasteiger charge is 2.31. The molecule has 1 atom stereocenters. The number of benzene rings is 1. The zero-order valence-electron chi connectivity index (χ0n) is 14.2. The van der Waals surface area contributed by atoms with Crippen LogP contribution in [-0.2, 0) is 4.79 Å². The molecule has 5 nitrogen and oxygen atoms in total. The van der Waals surface area contributed by atoms with Gasteiger partial charge in [-0.25, -0.2) is 0 Å². The van der Waals surface area contributed by atoms with E-state index in [1.165, 1.54) is 0 Å². The van der Waals surface area contributed by atoms with E-state index in [1.54, 1.807) is 0 Å². The standard InChI is InChI=1S/C18H26N2O3/c1-13(2)19(3)12-18(21)20-8-4-5-15(20)14-6-7-16-17(11-14)23-10-9-22-16/h6-7,11,13,15H,4-5,8-10,12H2,1-3H3/t15-/m0/s1. The largest absolute Gasteiger partial charge is 0.486 e. The molecule has 1 saturated heterocycles. The van der Waals surface area contributed by atoms with Crippen LogP contribution in [0.1, 0.15) is 38.3 Å². The second kappa shape index (κ2) is 6.79. The Kier molecular flexibility index (Phi) is 4.76. The summed E-state index contributed by atoms with van der Waals surface area (Å²) in [5.41, 5.74) is 1.15. The van der Waals surface area contributed by atoms with Gasteiger partial charge < -0.3 is 14.4 Å². The summed E-state index contributed by atoms with van der Waals surface area (Å²) in [4.78, 5) is 16.8. The SMILES string of the molecule is CC(C)N(C)CC(=O)N1CCC[C@H]1c1ccc2c(c1)OCCO2. The average molecular weight is 318 g/mol. The van der Waals surface area contributed by atoms with Crippen LogP contribution in [0.3, 0.4) is 0 Å². The second-order valence-corrected chi connectivity index (χ2v) is 6.66. The summed E-state index contributed by atoms with van der Waals surface area (Å²) >= 11 is 0. The fraction of sp³-hybridized carbons (Fsp3) is 0.611. The third-order valence-electron chi connectivity index (χ3n) is 4.79. The molecule has 126 valence electrons. The van der Waals surface area contributed by atoms with Gasteiger partial charge in [-0.15, -0.1) is 0 Å². The van der Waals surface area contributed by atoms with E-state index in [2.05, 4.69) is 24.8 Å². The number of carbonyl (C=O) groups excluding carboxylic acids is 1.